The van der Waals surface area contributed by atoms with E-state index in [-0.39, 0.29) is 5.91 Å². The molecule has 27 heavy (non-hydrogen) atoms. The zero-order chi connectivity index (χ0) is 18.6. The molecular formula is C21H23N5O. The molecule has 0 saturated carbocycles. The van der Waals surface area contributed by atoms with Crippen molar-refractivity contribution in [1.82, 2.24) is 24.3 Å². The van der Waals surface area contributed by atoms with Gasteiger partial charge in [-0.3, -0.25) is 14.3 Å². The molecule has 138 valence electrons. The van der Waals surface area contributed by atoms with Crippen molar-refractivity contribution in [3.05, 3.63) is 78.0 Å². The third-order valence-electron chi connectivity index (χ3n) is 4.91. The van der Waals surface area contributed by atoms with E-state index in [0.29, 0.717) is 5.56 Å². The van der Waals surface area contributed by atoms with E-state index >= 15 is 0 Å². The Labute approximate surface area is 159 Å². The molecule has 0 N–H and O–H groups in total. The molecule has 1 saturated heterocycles. The fourth-order valence-electron chi connectivity index (χ4n) is 3.42. The van der Waals surface area contributed by atoms with Gasteiger partial charge < -0.3 is 4.90 Å². The van der Waals surface area contributed by atoms with Crippen LogP contribution in [0.1, 0.15) is 21.5 Å². The first-order chi connectivity index (χ1) is 13.2. The van der Waals surface area contributed by atoms with Gasteiger partial charge in [-0.1, -0.05) is 29.8 Å². The molecule has 2 aromatic heterocycles. The molecular weight excluding hydrogens is 338 g/mol. The summed E-state index contributed by atoms with van der Waals surface area (Å²) in [5.41, 5.74) is 3.24. The van der Waals surface area contributed by atoms with Gasteiger partial charge in [0.2, 0.25) is 0 Å². The number of amides is 1. The molecule has 6 nitrogen and oxygen atoms in total. The van der Waals surface area contributed by atoms with Crippen molar-refractivity contribution in [3.8, 4) is 5.82 Å². The number of aryl methyl sites for hydroxylation is 1. The van der Waals surface area contributed by atoms with E-state index in [1.54, 1.807) is 18.7 Å². The first-order valence-electron chi connectivity index (χ1n) is 9.20. The van der Waals surface area contributed by atoms with Crippen molar-refractivity contribution in [2.24, 2.45) is 0 Å². The van der Waals surface area contributed by atoms with Crippen LogP contribution in [0.15, 0.2) is 61.3 Å². The number of benzene rings is 1. The van der Waals surface area contributed by atoms with E-state index in [4.69, 9.17) is 0 Å². The zero-order valence-electron chi connectivity index (χ0n) is 15.5. The molecule has 1 fully saturated rings. The molecule has 1 aliphatic rings. The summed E-state index contributed by atoms with van der Waals surface area (Å²) < 4.78 is 1.82. The maximum atomic E-state index is 12.8. The van der Waals surface area contributed by atoms with Crippen molar-refractivity contribution in [2.45, 2.75) is 13.5 Å². The van der Waals surface area contributed by atoms with E-state index in [1.165, 1.54) is 11.1 Å². The van der Waals surface area contributed by atoms with Gasteiger partial charge in [-0.05, 0) is 24.6 Å². The van der Waals surface area contributed by atoms with Gasteiger partial charge in [0.1, 0.15) is 12.1 Å². The molecule has 1 aromatic carbocycles. The summed E-state index contributed by atoms with van der Waals surface area (Å²) >= 11 is 0. The van der Waals surface area contributed by atoms with Crippen LogP contribution in [0.2, 0.25) is 0 Å². The number of carbonyl (C=O) groups is 1. The molecule has 0 unspecified atom stereocenters. The maximum Gasteiger partial charge on any atom is 0.255 e. The van der Waals surface area contributed by atoms with Crippen LogP contribution in [0.3, 0.4) is 0 Å². The molecule has 3 heterocycles. The Morgan fingerprint density at radius 2 is 1.96 bits per heavy atom. The summed E-state index contributed by atoms with van der Waals surface area (Å²) in [5.74, 6) is 0.807. The highest BCUT2D eigenvalue weighted by Gasteiger charge is 2.22. The predicted molar refractivity (Wildman–Crippen MR) is 104 cm³/mol. The van der Waals surface area contributed by atoms with Crippen LogP contribution in [0.4, 0.5) is 0 Å². The first-order valence-corrected chi connectivity index (χ1v) is 9.20. The topological polar surface area (TPSA) is 54.3 Å². The van der Waals surface area contributed by atoms with Gasteiger partial charge >= 0.3 is 0 Å². The van der Waals surface area contributed by atoms with Gasteiger partial charge in [-0.2, -0.15) is 0 Å². The molecule has 3 aromatic rings. The Morgan fingerprint density at radius 3 is 2.63 bits per heavy atom. The Kier molecular flexibility index (Phi) is 4.98. The van der Waals surface area contributed by atoms with Crippen molar-refractivity contribution in [3.63, 3.8) is 0 Å². The van der Waals surface area contributed by atoms with E-state index in [2.05, 4.69) is 46.1 Å². The highest BCUT2D eigenvalue weighted by atomic mass is 16.2. The molecule has 0 aliphatic carbocycles. The van der Waals surface area contributed by atoms with Crippen LogP contribution < -0.4 is 0 Å². The number of carbonyl (C=O) groups excluding carboxylic acids is 1. The van der Waals surface area contributed by atoms with Crippen molar-refractivity contribution in [2.75, 3.05) is 26.2 Å². The van der Waals surface area contributed by atoms with E-state index < -0.39 is 0 Å². The lowest BCUT2D eigenvalue weighted by atomic mass is 10.1. The minimum atomic E-state index is 0.0508. The van der Waals surface area contributed by atoms with Crippen LogP contribution in [-0.4, -0.2) is 56.4 Å². The molecule has 1 amide bonds. The molecule has 0 atom stereocenters. The van der Waals surface area contributed by atoms with E-state index in [9.17, 15) is 4.79 Å². The number of imidazole rings is 1. The van der Waals surface area contributed by atoms with Gasteiger partial charge in [-0.25, -0.2) is 9.97 Å². The second-order valence-corrected chi connectivity index (χ2v) is 6.93. The monoisotopic (exact) mass is 361 g/mol. The van der Waals surface area contributed by atoms with Crippen molar-refractivity contribution < 1.29 is 4.79 Å². The van der Waals surface area contributed by atoms with Crippen LogP contribution >= 0.6 is 0 Å². The average Bonchev–Trinajstić information content (AvgIpc) is 3.23. The summed E-state index contributed by atoms with van der Waals surface area (Å²) in [4.78, 5) is 25.5. The SMILES string of the molecule is Cc1cccc(CN2CCN(C(=O)c3ccc(-n4ccnc4)nc3)CC2)c1. The summed E-state index contributed by atoms with van der Waals surface area (Å²) in [7, 11) is 0. The molecule has 0 radical (unpaired) electrons. The van der Waals surface area contributed by atoms with Gasteiger partial charge in [0.15, 0.2) is 0 Å². The normalized spacial score (nSPS) is 15.1. The number of pyridine rings is 1. The Bertz CT molecular complexity index is 897. The van der Waals surface area contributed by atoms with Crippen LogP contribution in [0, 0.1) is 6.92 Å². The summed E-state index contributed by atoms with van der Waals surface area (Å²) in [6.07, 6.45) is 6.88. The van der Waals surface area contributed by atoms with Crippen LogP contribution in [-0.2, 0) is 6.54 Å². The second kappa shape index (κ2) is 7.72. The molecule has 0 spiro atoms. The predicted octanol–water partition coefficient (Wildman–Crippen LogP) is 2.53. The summed E-state index contributed by atoms with van der Waals surface area (Å²) in [6, 6.07) is 12.3. The summed E-state index contributed by atoms with van der Waals surface area (Å²) in [5, 5.41) is 0. The van der Waals surface area contributed by atoms with E-state index in [1.807, 2.05) is 27.8 Å². The third-order valence-corrected chi connectivity index (χ3v) is 4.91. The van der Waals surface area contributed by atoms with E-state index in [0.717, 1.165) is 38.5 Å². The van der Waals surface area contributed by atoms with Gasteiger partial charge in [0, 0.05) is 51.3 Å². The lowest BCUT2D eigenvalue weighted by molar-refractivity contribution is 0.0628. The average molecular weight is 361 g/mol. The minimum Gasteiger partial charge on any atom is -0.336 e. The van der Waals surface area contributed by atoms with Crippen molar-refractivity contribution >= 4 is 5.91 Å². The Balaban J connectivity index is 1.34. The molecule has 1 aliphatic heterocycles. The first kappa shape index (κ1) is 17.4. The second-order valence-electron chi connectivity index (χ2n) is 6.93. The highest BCUT2D eigenvalue weighted by Crippen LogP contribution is 2.13. The third kappa shape index (κ3) is 4.06. The quantitative estimate of drug-likeness (QED) is 0.717. The smallest absolute Gasteiger partial charge is 0.255 e. The lowest BCUT2D eigenvalue weighted by Crippen LogP contribution is -2.48. The van der Waals surface area contributed by atoms with Gasteiger partial charge in [-0.15, -0.1) is 0 Å². The maximum absolute atomic E-state index is 12.8. The number of hydrogen-bond donors (Lipinski definition) is 0. The number of rotatable bonds is 4. The van der Waals surface area contributed by atoms with Crippen molar-refractivity contribution in [1.29, 1.82) is 0 Å². The number of hydrogen-bond acceptors (Lipinski definition) is 4. The molecule has 4 rings (SSSR count). The van der Waals surface area contributed by atoms with Gasteiger partial charge in [0.05, 0.1) is 5.56 Å². The van der Waals surface area contributed by atoms with Gasteiger partial charge in [0.25, 0.3) is 5.91 Å². The zero-order valence-corrected chi connectivity index (χ0v) is 15.5. The number of aromatic nitrogens is 3. The standard InChI is InChI=1S/C21H23N5O/c1-17-3-2-4-18(13-17)15-24-9-11-25(12-10-24)21(27)19-5-6-20(23-14-19)26-8-7-22-16-26/h2-8,13-14,16H,9-12,15H2,1H3. The van der Waals surface area contributed by atoms with Crippen LogP contribution in [0.25, 0.3) is 5.82 Å². The Hall–Kier alpha value is -2.99. The fourth-order valence-corrected chi connectivity index (χ4v) is 3.42. The molecule has 0 bridgehead atoms. The largest absolute Gasteiger partial charge is 0.336 e. The number of piperazine rings is 1. The Morgan fingerprint density at radius 1 is 1.11 bits per heavy atom. The molecule has 6 heteroatoms. The van der Waals surface area contributed by atoms with Crippen LogP contribution in [0.5, 0.6) is 0 Å². The highest BCUT2D eigenvalue weighted by molar-refractivity contribution is 5.94. The minimum absolute atomic E-state index is 0.0508. The fraction of sp³-hybridized carbons (Fsp3) is 0.286. The lowest BCUT2D eigenvalue weighted by Gasteiger charge is -2.34. The number of nitrogens with zero attached hydrogens (tertiary/aromatic N) is 5. The summed E-state index contributed by atoms with van der Waals surface area (Å²) in [6.45, 7) is 6.32.